The molecule has 5 rings (SSSR count). The molecule has 12 atom stereocenters. The number of urea groups is 1. The molecule has 0 radical (unpaired) electrons. The van der Waals surface area contributed by atoms with Crippen LogP contribution in [0, 0.1) is 5.92 Å². The van der Waals surface area contributed by atoms with Crippen molar-refractivity contribution in [1.82, 2.24) is 35.5 Å². The molecule has 2 aromatic rings. The molecule has 2 aromatic heterocycles. The van der Waals surface area contributed by atoms with E-state index < -0.39 is 131 Å². The van der Waals surface area contributed by atoms with E-state index in [2.05, 4.69) is 55.2 Å². The number of aromatic amines is 1. The molecule has 28 nitrogen and oxygen atoms in total. The first-order chi connectivity index (χ1) is 31.5. The molecule has 10 N–H and O–H groups in total. The highest BCUT2D eigenvalue weighted by Gasteiger charge is 2.55. The summed E-state index contributed by atoms with van der Waals surface area (Å²) in [6, 6.07) is -1.84. The van der Waals surface area contributed by atoms with Crippen LogP contribution in [0.1, 0.15) is 32.9 Å². The molecule has 67 heavy (non-hydrogen) atoms. The van der Waals surface area contributed by atoms with Gasteiger partial charge in [0.2, 0.25) is 11.8 Å². The Balaban J connectivity index is 1.22. The number of ether oxygens (including phenoxy) is 3. The summed E-state index contributed by atoms with van der Waals surface area (Å²) >= 11 is 3.91. The van der Waals surface area contributed by atoms with E-state index in [4.69, 9.17) is 43.8 Å². The van der Waals surface area contributed by atoms with Crippen molar-refractivity contribution in [3.05, 3.63) is 39.4 Å². The second kappa shape index (κ2) is 22.9. The van der Waals surface area contributed by atoms with Crippen LogP contribution in [-0.2, 0) is 51.0 Å². The van der Waals surface area contributed by atoms with Crippen LogP contribution in [0.5, 0.6) is 0 Å². The van der Waals surface area contributed by atoms with Gasteiger partial charge in [0.25, 0.3) is 5.56 Å². The molecule has 0 saturated carbocycles. The standard InChI is InChI=1S/C34H50F2N12O16P2S/c1-15(2)22(37)29(51)44-16(6-5-8-41-32(38)52)28(50)40-9-11-58-34(54)46-26-23(39-3)27(43-14-42-26)47(4)30-20(35)24-18(61-30)13-60-66(57,67)64-25-17(12-59-65(55,56)63-24)62-31(21(25)36)48-10-7-19(49)45-33(48)53/h7,10,14-18,20-22,24-25,30-31H,3,5-6,8-9,11-13,37H2,1-2,4H3,(H,40,50)(H,44,51)(H,55,56)(H,57,67)(H3,38,41,52)(H,45,49,53)(H,42,43,46,54)/t16?,17-,18-,20-,21-,22?,24-,25-,30-,31-,66?/m1/s1. The summed E-state index contributed by atoms with van der Waals surface area (Å²) in [4.78, 5) is 98.9. The summed E-state index contributed by atoms with van der Waals surface area (Å²) in [5, 5.41) is 9.81. The number of alkyl halides is 2. The van der Waals surface area contributed by atoms with Crippen molar-refractivity contribution in [2.75, 3.05) is 50.2 Å². The maximum Gasteiger partial charge on any atom is 0.472 e. The molecule has 33 heteroatoms. The zero-order valence-electron chi connectivity index (χ0n) is 35.8. The molecule has 0 bridgehead atoms. The fourth-order valence-electron chi connectivity index (χ4n) is 6.69. The number of primary amides is 1. The molecule has 0 aliphatic carbocycles. The molecule has 4 unspecified atom stereocenters. The quantitative estimate of drug-likeness (QED) is 0.0448. The number of phosphoric ester groups is 1. The number of nitrogens with two attached hydrogens (primary N) is 2. The van der Waals surface area contributed by atoms with Gasteiger partial charge in [0.1, 0.15) is 49.1 Å². The Bertz CT molecular complexity index is 2360. The average molecular weight is 1010 g/mol. The van der Waals surface area contributed by atoms with Crippen molar-refractivity contribution in [3.63, 3.8) is 0 Å². The van der Waals surface area contributed by atoms with Gasteiger partial charge in [-0.1, -0.05) is 26.1 Å². The number of anilines is 2. The number of carbonyl (C=O) groups is 4. The van der Waals surface area contributed by atoms with E-state index >= 15 is 8.78 Å². The van der Waals surface area contributed by atoms with Gasteiger partial charge < -0.3 is 51.4 Å². The largest absolute Gasteiger partial charge is 0.472 e. The van der Waals surface area contributed by atoms with Crippen molar-refractivity contribution in [2.24, 2.45) is 22.4 Å². The van der Waals surface area contributed by atoms with Crippen molar-refractivity contribution in [1.29, 1.82) is 0 Å². The highest BCUT2D eigenvalue weighted by molar-refractivity contribution is 8.44. The number of carbonyl (C=O) groups excluding carboxylic acids is 4. The average Bonchev–Trinajstić information content (AvgIpc) is 3.73. The monoisotopic (exact) mass is 1010 g/mol. The lowest BCUT2D eigenvalue weighted by Crippen LogP contribution is -2.53. The summed E-state index contributed by atoms with van der Waals surface area (Å²) in [6.07, 6.45) is -14.4. The van der Waals surface area contributed by atoms with Gasteiger partial charge in [-0.25, -0.2) is 42.3 Å². The number of nitrogens with one attached hydrogen (secondary N) is 5. The summed E-state index contributed by atoms with van der Waals surface area (Å²) in [7, 11) is -4.05. The Morgan fingerprint density at radius 3 is 2.43 bits per heavy atom. The zero-order chi connectivity index (χ0) is 49.4. The third-order valence-corrected chi connectivity index (χ3v) is 12.7. The van der Waals surface area contributed by atoms with Crippen LogP contribution < -0.4 is 48.9 Å². The third-order valence-electron chi connectivity index (χ3n) is 10.1. The minimum atomic E-state index is -5.30. The Labute approximate surface area is 383 Å². The molecule has 5 amide bonds. The van der Waals surface area contributed by atoms with Gasteiger partial charge >= 0.3 is 32.4 Å². The van der Waals surface area contributed by atoms with E-state index in [0.29, 0.717) is 4.57 Å². The Morgan fingerprint density at radius 1 is 1.07 bits per heavy atom. The van der Waals surface area contributed by atoms with E-state index in [1.165, 1.54) is 7.05 Å². The van der Waals surface area contributed by atoms with Gasteiger partial charge in [-0.15, -0.1) is 0 Å². The number of hydrogen-bond donors (Lipinski definition) is 9. The smallest absolute Gasteiger partial charge is 0.447 e. The molecule has 0 aromatic carbocycles. The van der Waals surface area contributed by atoms with Crippen molar-refractivity contribution in [3.8, 4) is 0 Å². The topological polar surface area (TPSA) is 384 Å². The number of thiol groups is 1. The molecular weight excluding hydrogens is 964 g/mol. The maximum atomic E-state index is 16.4. The van der Waals surface area contributed by atoms with Gasteiger partial charge in [-0.2, -0.15) is 0 Å². The summed E-state index contributed by atoms with van der Waals surface area (Å²) in [5.41, 5.74) is 8.85. The minimum absolute atomic E-state index is 0.0968. The van der Waals surface area contributed by atoms with Crippen LogP contribution in [0.15, 0.2) is 33.2 Å². The van der Waals surface area contributed by atoms with Crippen LogP contribution in [0.25, 0.3) is 0 Å². The second-order valence-corrected chi connectivity index (χ2v) is 19.5. The molecule has 3 aliphatic rings. The number of nitrogens with zero attached hydrogens (tertiary/aromatic N) is 5. The summed E-state index contributed by atoms with van der Waals surface area (Å²) < 4.78 is 96.9. The van der Waals surface area contributed by atoms with Crippen LogP contribution in [0.3, 0.4) is 0 Å². The first-order valence-electron chi connectivity index (χ1n) is 20.1. The Hall–Kier alpha value is -4.94. The third kappa shape index (κ3) is 13.8. The molecule has 3 aliphatic heterocycles. The first-order valence-corrected chi connectivity index (χ1v) is 24.3. The van der Waals surface area contributed by atoms with E-state index in [1.807, 2.05) is 4.98 Å². The number of aromatic nitrogens is 4. The molecular formula is C34H50F2N12O16P2S. The van der Waals surface area contributed by atoms with Gasteiger partial charge in [-0.05, 0) is 25.5 Å². The van der Waals surface area contributed by atoms with Crippen LogP contribution >= 0.6 is 26.9 Å². The highest BCUT2D eigenvalue weighted by Crippen LogP contribution is 2.58. The minimum Gasteiger partial charge on any atom is -0.447 e. The zero-order valence-corrected chi connectivity index (χ0v) is 38.5. The number of halogens is 2. The number of amides is 5. The van der Waals surface area contributed by atoms with E-state index in [9.17, 15) is 42.8 Å². The van der Waals surface area contributed by atoms with Gasteiger partial charge in [0, 0.05) is 25.9 Å². The second-order valence-electron chi connectivity index (χ2n) is 15.2. The number of aliphatic imine (C=N–C) groups is 1. The predicted octanol–water partition coefficient (Wildman–Crippen LogP) is -0.370. The number of rotatable bonds is 16. The number of fused-ring (bicyclic) bond motifs is 2. The van der Waals surface area contributed by atoms with Gasteiger partial charge in [0.15, 0.2) is 36.4 Å². The van der Waals surface area contributed by atoms with Crippen LogP contribution in [0.2, 0.25) is 0 Å². The van der Waals surface area contributed by atoms with Crippen molar-refractivity contribution >= 4 is 74.8 Å². The highest BCUT2D eigenvalue weighted by atomic mass is 32.7. The summed E-state index contributed by atoms with van der Waals surface area (Å²) in [6.45, 7) is -0.133. The molecule has 5 heterocycles. The van der Waals surface area contributed by atoms with Crippen molar-refractivity contribution in [2.45, 2.75) is 88.0 Å². The van der Waals surface area contributed by atoms with Gasteiger partial charge in [0.05, 0.1) is 25.8 Å². The van der Waals surface area contributed by atoms with Gasteiger partial charge in [-0.3, -0.25) is 52.3 Å². The van der Waals surface area contributed by atoms with Crippen LogP contribution in [0.4, 0.5) is 35.7 Å². The predicted molar refractivity (Wildman–Crippen MR) is 231 cm³/mol. The number of phosphoric acid groups is 1. The SMILES string of the molecule is C=Nc1c(NC(=O)OCCNC(=O)C(CCCNC(N)=O)NC(=O)C(N)C(C)C)ncnc1N(C)[C@@H]1O[C@@H]2COP(=O)(S)O[C@H]3[C@@H](F)[C@H](n4ccc(=O)[nH]c4=O)O[C@@H]3COP(=O)(O)O[C@H]2[C@H]1F. The van der Waals surface area contributed by atoms with E-state index in [1.54, 1.807) is 13.8 Å². The molecule has 0 spiro atoms. The molecule has 3 fully saturated rings. The fraction of sp³-hybridized carbons (Fsp3) is 0.618. The van der Waals surface area contributed by atoms with E-state index in [-0.39, 0.29) is 49.2 Å². The lowest BCUT2D eigenvalue weighted by molar-refractivity contribution is -0.130. The Morgan fingerprint density at radius 2 is 1.76 bits per heavy atom. The normalized spacial score (nSPS) is 29.4. The van der Waals surface area contributed by atoms with Crippen molar-refractivity contribution < 1.29 is 74.3 Å². The first kappa shape index (κ1) is 53.0. The number of hydrogen-bond acceptors (Lipinski definition) is 20. The van der Waals surface area contributed by atoms with Crippen LogP contribution in [-0.4, -0.2) is 150 Å². The Kier molecular flexibility index (Phi) is 18.1. The van der Waals surface area contributed by atoms with E-state index in [0.717, 1.165) is 23.5 Å². The molecule has 372 valence electrons. The maximum absolute atomic E-state index is 16.4. The fourth-order valence-corrected chi connectivity index (χ4v) is 9.13. The summed E-state index contributed by atoms with van der Waals surface area (Å²) in [5.74, 6) is -1.98. The molecule has 3 saturated heterocycles. The lowest BCUT2D eigenvalue weighted by atomic mass is 10.0. The lowest BCUT2D eigenvalue weighted by Gasteiger charge is -2.28. The number of H-pyrrole nitrogens is 1.